The molecule has 4 nitrogen and oxygen atoms in total. The van der Waals surface area contributed by atoms with Gasteiger partial charge >= 0.3 is 0 Å². The quantitative estimate of drug-likeness (QED) is 0.716. The summed E-state index contributed by atoms with van der Waals surface area (Å²) >= 11 is 0. The zero-order valence-corrected chi connectivity index (χ0v) is 13.8. The second-order valence-corrected chi connectivity index (χ2v) is 6.22. The predicted octanol–water partition coefficient (Wildman–Crippen LogP) is 4.02. The van der Waals surface area contributed by atoms with Gasteiger partial charge in [0.2, 0.25) is 0 Å². The first-order chi connectivity index (χ1) is 11.8. The number of hydrogen-bond acceptors (Lipinski definition) is 4. The summed E-state index contributed by atoms with van der Waals surface area (Å²) in [5.41, 5.74) is 6.75. The molecule has 3 heterocycles. The SMILES string of the molecule is Cc1cccc(C=C2CCN(c3ccc4nccnc4c3)CC2)n1. The Hall–Kier alpha value is -2.75. The molecule has 0 unspecified atom stereocenters. The van der Waals surface area contributed by atoms with Crippen LogP contribution in [0.3, 0.4) is 0 Å². The van der Waals surface area contributed by atoms with Crippen LogP contribution in [-0.4, -0.2) is 28.0 Å². The van der Waals surface area contributed by atoms with Gasteiger partial charge in [0.05, 0.1) is 16.7 Å². The van der Waals surface area contributed by atoms with Crippen molar-refractivity contribution >= 4 is 22.8 Å². The molecule has 0 aliphatic carbocycles. The van der Waals surface area contributed by atoms with Crippen LogP contribution in [0.25, 0.3) is 17.1 Å². The van der Waals surface area contributed by atoms with Crippen molar-refractivity contribution in [3.05, 3.63) is 65.8 Å². The van der Waals surface area contributed by atoms with Crippen LogP contribution in [0, 0.1) is 6.92 Å². The van der Waals surface area contributed by atoms with E-state index in [1.165, 1.54) is 11.3 Å². The summed E-state index contributed by atoms with van der Waals surface area (Å²) in [7, 11) is 0. The van der Waals surface area contributed by atoms with Gasteiger partial charge in [-0.15, -0.1) is 0 Å². The number of benzene rings is 1. The first-order valence-electron chi connectivity index (χ1n) is 8.37. The second kappa shape index (κ2) is 6.40. The minimum Gasteiger partial charge on any atom is -0.371 e. The molecule has 0 radical (unpaired) electrons. The van der Waals surface area contributed by atoms with Crippen LogP contribution in [0.4, 0.5) is 5.69 Å². The molecule has 2 aromatic heterocycles. The minimum atomic E-state index is 0.948. The topological polar surface area (TPSA) is 41.9 Å². The average molecular weight is 316 g/mol. The fraction of sp³-hybridized carbons (Fsp3) is 0.250. The van der Waals surface area contributed by atoms with Gasteiger partial charge in [-0.3, -0.25) is 15.0 Å². The third-order valence-electron chi connectivity index (χ3n) is 4.49. The molecule has 4 rings (SSSR count). The van der Waals surface area contributed by atoms with Crippen LogP contribution in [0.5, 0.6) is 0 Å². The molecule has 120 valence electrons. The lowest BCUT2D eigenvalue weighted by atomic mass is 10.0. The van der Waals surface area contributed by atoms with E-state index < -0.39 is 0 Å². The largest absolute Gasteiger partial charge is 0.371 e. The lowest BCUT2D eigenvalue weighted by molar-refractivity contribution is 0.689. The number of nitrogens with zero attached hydrogens (tertiary/aromatic N) is 4. The van der Waals surface area contributed by atoms with E-state index in [4.69, 9.17) is 0 Å². The lowest BCUT2D eigenvalue weighted by Gasteiger charge is -2.30. The van der Waals surface area contributed by atoms with Crippen LogP contribution >= 0.6 is 0 Å². The molecule has 1 fully saturated rings. The number of fused-ring (bicyclic) bond motifs is 1. The van der Waals surface area contributed by atoms with Crippen molar-refractivity contribution in [2.45, 2.75) is 19.8 Å². The fourth-order valence-electron chi connectivity index (χ4n) is 3.20. The highest BCUT2D eigenvalue weighted by molar-refractivity contribution is 5.78. The molecule has 24 heavy (non-hydrogen) atoms. The summed E-state index contributed by atoms with van der Waals surface area (Å²) < 4.78 is 0. The summed E-state index contributed by atoms with van der Waals surface area (Å²) in [4.78, 5) is 15.7. The molecule has 1 aliphatic rings. The van der Waals surface area contributed by atoms with Crippen molar-refractivity contribution in [1.29, 1.82) is 0 Å². The molecule has 0 N–H and O–H groups in total. The third-order valence-corrected chi connectivity index (χ3v) is 4.49. The number of rotatable bonds is 2. The Bertz CT molecular complexity index is 891. The molecule has 1 aromatic carbocycles. The molecule has 0 saturated carbocycles. The van der Waals surface area contributed by atoms with Gasteiger partial charge in [0.1, 0.15) is 0 Å². The average Bonchev–Trinajstić information content (AvgIpc) is 2.62. The highest BCUT2D eigenvalue weighted by Gasteiger charge is 2.15. The molecule has 4 heteroatoms. The van der Waals surface area contributed by atoms with Gasteiger partial charge in [-0.05, 0) is 56.2 Å². The van der Waals surface area contributed by atoms with Gasteiger partial charge in [0, 0.05) is 36.9 Å². The van der Waals surface area contributed by atoms with Crippen LogP contribution in [-0.2, 0) is 0 Å². The summed E-state index contributed by atoms with van der Waals surface area (Å²) in [6, 6.07) is 12.5. The maximum absolute atomic E-state index is 4.57. The summed E-state index contributed by atoms with van der Waals surface area (Å²) in [5, 5.41) is 0. The standard InChI is InChI=1S/C20H20N4/c1-15-3-2-4-17(23-15)13-16-7-11-24(12-8-16)18-5-6-19-20(14-18)22-10-9-21-19/h2-6,9-10,13-14H,7-8,11-12H2,1H3. The molecular weight excluding hydrogens is 296 g/mol. The Balaban J connectivity index is 1.49. The van der Waals surface area contributed by atoms with Crippen molar-refractivity contribution < 1.29 is 0 Å². The van der Waals surface area contributed by atoms with Crippen LogP contribution < -0.4 is 4.90 Å². The van der Waals surface area contributed by atoms with E-state index >= 15 is 0 Å². The van der Waals surface area contributed by atoms with Crippen molar-refractivity contribution in [3.63, 3.8) is 0 Å². The molecule has 0 bridgehead atoms. The number of anilines is 1. The number of aryl methyl sites for hydroxylation is 1. The maximum Gasteiger partial charge on any atom is 0.0907 e. The Kier molecular flexibility index (Phi) is 3.95. The molecule has 1 saturated heterocycles. The van der Waals surface area contributed by atoms with E-state index in [1.54, 1.807) is 12.4 Å². The highest BCUT2D eigenvalue weighted by atomic mass is 15.1. The fourth-order valence-corrected chi connectivity index (χ4v) is 3.20. The number of piperidine rings is 1. The Morgan fingerprint density at radius 3 is 2.54 bits per heavy atom. The second-order valence-electron chi connectivity index (χ2n) is 6.22. The number of pyridine rings is 1. The van der Waals surface area contributed by atoms with Crippen LogP contribution in [0.15, 0.2) is 54.4 Å². The zero-order chi connectivity index (χ0) is 16.4. The van der Waals surface area contributed by atoms with Gasteiger partial charge in [-0.1, -0.05) is 11.6 Å². The maximum atomic E-state index is 4.57. The van der Waals surface area contributed by atoms with Gasteiger partial charge in [-0.25, -0.2) is 0 Å². The highest BCUT2D eigenvalue weighted by Crippen LogP contribution is 2.26. The van der Waals surface area contributed by atoms with Crippen molar-refractivity contribution in [2.24, 2.45) is 0 Å². The first-order valence-corrected chi connectivity index (χ1v) is 8.37. The van der Waals surface area contributed by atoms with E-state index in [0.29, 0.717) is 0 Å². The Morgan fingerprint density at radius 2 is 1.75 bits per heavy atom. The smallest absolute Gasteiger partial charge is 0.0907 e. The summed E-state index contributed by atoms with van der Waals surface area (Å²) in [5.74, 6) is 0. The Labute approximate surface area is 141 Å². The summed E-state index contributed by atoms with van der Waals surface area (Å²) in [6.45, 7) is 4.10. The summed E-state index contributed by atoms with van der Waals surface area (Å²) in [6.07, 6.45) is 7.88. The van der Waals surface area contributed by atoms with E-state index in [1.807, 2.05) is 13.0 Å². The molecule has 0 amide bonds. The molecule has 0 atom stereocenters. The van der Waals surface area contributed by atoms with E-state index in [9.17, 15) is 0 Å². The third kappa shape index (κ3) is 3.13. The monoisotopic (exact) mass is 316 g/mol. The minimum absolute atomic E-state index is 0.948. The normalized spacial score (nSPS) is 14.9. The van der Waals surface area contributed by atoms with Crippen molar-refractivity contribution in [1.82, 2.24) is 15.0 Å². The van der Waals surface area contributed by atoms with E-state index in [2.05, 4.69) is 56.3 Å². The molecule has 0 spiro atoms. The number of aromatic nitrogens is 3. The van der Waals surface area contributed by atoms with Crippen molar-refractivity contribution in [2.75, 3.05) is 18.0 Å². The van der Waals surface area contributed by atoms with Gasteiger partial charge in [-0.2, -0.15) is 0 Å². The van der Waals surface area contributed by atoms with Crippen molar-refractivity contribution in [3.8, 4) is 0 Å². The van der Waals surface area contributed by atoms with Crippen LogP contribution in [0.1, 0.15) is 24.2 Å². The van der Waals surface area contributed by atoms with Gasteiger partial charge in [0.15, 0.2) is 0 Å². The molecule has 3 aromatic rings. The zero-order valence-electron chi connectivity index (χ0n) is 13.8. The first kappa shape index (κ1) is 14.8. The number of hydrogen-bond donors (Lipinski definition) is 0. The van der Waals surface area contributed by atoms with Crippen LogP contribution in [0.2, 0.25) is 0 Å². The van der Waals surface area contributed by atoms with Gasteiger partial charge in [0.25, 0.3) is 0 Å². The molecule has 1 aliphatic heterocycles. The predicted molar refractivity (Wildman–Crippen MR) is 97.9 cm³/mol. The lowest BCUT2D eigenvalue weighted by Crippen LogP contribution is -2.30. The van der Waals surface area contributed by atoms with E-state index in [0.717, 1.165) is 48.4 Å². The Morgan fingerprint density at radius 1 is 0.958 bits per heavy atom. The molecular formula is C20H20N4. The van der Waals surface area contributed by atoms with E-state index in [-0.39, 0.29) is 0 Å². The van der Waals surface area contributed by atoms with Gasteiger partial charge < -0.3 is 4.90 Å².